The van der Waals surface area contributed by atoms with Gasteiger partial charge in [-0.25, -0.2) is 4.99 Å². The minimum atomic E-state index is 0.283. The second-order valence-corrected chi connectivity index (χ2v) is 12.6. The van der Waals surface area contributed by atoms with E-state index in [4.69, 9.17) is 4.99 Å². The summed E-state index contributed by atoms with van der Waals surface area (Å²) in [6.07, 6.45) is 5.17. The van der Waals surface area contributed by atoms with E-state index in [1.807, 2.05) is 6.21 Å². The summed E-state index contributed by atoms with van der Waals surface area (Å²) in [5.41, 5.74) is 7.07. The smallest absolute Gasteiger partial charge is 0.134 e. The molecule has 178 valence electrons. The second kappa shape index (κ2) is 9.41. The molecule has 0 aliphatic heterocycles. The van der Waals surface area contributed by atoms with Gasteiger partial charge in [0.2, 0.25) is 0 Å². The average Bonchev–Trinajstić information content (AvgIpc) is 3.32. The molecule has 1 aliphatic carbocycles. The second-order valence-electron chi connectivity index (χ2n) is 10.6. The topological polar surface area (TPSA) is 41.1 Å². The summed E-state index contributed by atoms with van der Waals surface area (Å²) in [6.45, 7) is 9.95. The van der Waals surface area contributed by atoms with Crippen molar-refractivity contribution in [2.24, 2.45) is 16.3 Å². The van der Waals surface area contributed by atoms with Crippen LogP contribution in [0.4, 0.5) is 5.00 Å². The lowest BCUT2D eigenvalue weighted by Gasteiger charge is -2.33. The molecule has 0 spiro atoms. The van der Waals surface area contributed by atoms with Crippen molar-refractivity contribution in [3.05, 3.63) is 85.8 Å². The van der Waals surface area contributed by atoms with Crippen LogP contribution in [0.25, 0.3) is 10.9 Å². The predicted octanol–water partition coefficient (Wildman–Crippen LogP) is 8.60. The number of nitriles is 1. The number of nitrogens with zero attached hydrogens (tertiary/aromatic N) is 3. The lowest BCUT2D eigenvalue weighted by Crippen LogP contribution is -2.26. The summed E-state index contributed by atoms with van der Waals surface area (Å²) in [4.78, 5) is 6.29. The molecule has 0 bridgehead atoms. The van der Waals surface area contributed by atoms with Gasteiger partial charge in [0.05, 0.1) is 5.56 Å². The Balaban J connectivity index is 1.52. The molecule has 35 heavy (non-hydrogen) atoms. The number of hydrogen-bond acceptors (Lipinski definition) is 3. The van der Waals surface area contributed by atoms with Gasteiger partial charge < -0.3 is 4.57 Å². The number of benzene rings is 2. The van der Waals surface area contributed by atoms with Gasteiger partial charge in [-0.2, -0.15) is 5.26 Å². The Morgan fingerprint density at radius 3 is 2.63 bits per heavy atom. The molecule has 1 aliphatic rings. The minimum Gasteiger partial charge on any atom is -0.340 e. The highest BCUT2D eigenvalue weighted by molar-refractivity contribution is 9.10. The number of aromatic nitrogens is 1. The van der Waals surface area contributed by atoms with E-state index in [0.29, 0.717) is 5.92 Å². The molecule has 0 fully saturated rings. The number of rotatable bonds is 4. The third kappa shape index (κ3) is 4.62. The highest BCUT2D eigenvalue weighted by Crippen LogP contribution is 2.45. The Hall–Kier alpha value is -2.68. The van der Waals surface area contributed by atoms with Crippen molar-refractivity contribution < 1.29 is 0 Å². The van der Waals surface area contributed by atoms with Gasteiger partial charge in [0, 0.05) is 44.3 Å². The zero-order chi connectivity index (χ0) is 24.7. The Kier molecular flexibility index (Phi) is 6.46. The monoisotopic (exact) mass is 543 g/mol. The normalized spacial score (nSPS) is 16.1. The van der Waals surface area contributed by atoms with E-state index in [0.717, 1.165) is 46.4 Å². The molecule has 0 radical (unpaired) electrons. The largest absolute Gasteiger partial charge is 0.340 e. The molecule has 2 heterocycles. The van der Waals surface area contributed by atoms with Crippen molar-refractivity contribution in [3.63, 3.8) is 0 Å². The molecule has 3 nitrogen and oxygen atoms in total. The highest BCUT2D eigenvalue weighted by Gasteiger charge is 2.32. The Bertz CT molecular complexity index is 1460. The number of thiophene rings is 1. The predicted molar refractivity (Wildman–Crippen MR) is 151 cm³/mol. The molecule has 2 aromatic carbocycles. The fourth-order valence-electron chi connectivity index (χ4n) is 5.24. The van der Waals surface area contributed by atoms with Crippen molar-refractivity contribution in [2.75, 3.05) is 0 Å². The number of hydrogen-bond donors (Lipinski definition) is 0. The van der Waals surface area contributed by atoms with Crippen molar-refractivity contribution in [1.82, 2.24) is 4.57 Å². The van der Waals surface area contributed by atoms with E-state index in [1.165, 1.54) is 32.6 Å². The van der Waals surface area contributed by atoms with E-state index in [1.54, 1.807) is 11.3 Å². The first kappa shape index (κ1) is 24.0. The summed E-state index contributed by atoms with van der Waals surface area (Å²) >= 11 is 5.25. The van der Waals surface area contributed by atoms with Crippen molar-refractivity contribution >= 4 is 49.4 Å². The summed E-state index contributed by atoms with van der Waals surface area (Å²) in [5, 5.41) is 12.0. The number of para-hydroxylation sites is 1. The highest BCUT2D eigenvalue weighted by atomic mass is 79.9. The van der Waals surface area contributed by atoms with Gasteiger partial charge >= 0.3 is 0 Å². The molecule has 0 unspecified atom stereocenters. The fraction of sp³-hybridized carbons (Fsp3) is 0.333. The first-order chi connectivity index (χ1) is 16.8. The summed E-state index contributed by atoms with van der Waals surface area (Å²) in [5.74, 6) is 0.649. The fourth-order valence-corrected chi connectivity index (χ4v) is 6.72. The molecule has 0 saturated carbocycles. The van der Waals surface area contributed by atoms with Gasteiger partial charge in [-0.1, -0.05) is 67.0 Å². The standard InChI is InChI=1S/C30H30BrN3S/c1-19-26(23-7-5-6-8-27(23)34(19)18-20-9-12-22(31)13-10-20)17-33-29-25(16-32)24-14-11-21(30(2,3)4)15-28(24)35-29/h5-10,12-13,17,21H,11,14-15,18H2,1-4H3/t21-/m0/s1. The van der Waals surface area contributed by atoms with E-state index in [-0.39, 0.29) is 5.41 Å². The first-order valence-electron chi connectivity index (χ1n) is 12.2. The van der Waals surface area contributed by atoms with Gasteiger partial charge in [0.25, 0.3) is 0 Å². The zero-order valence-electron chi connectivity index (χ0n) is 20.7. The van der Waals surface area contributed by atoms with E-state index < -0.39 is 0 Å². The summed E-state index contributed by atoms with van der Waals surface area (Å²) in [6, 6.07) is 19.5. The third-order valence-corrected chi connectivity index (χ3v) is 9.12. The van der Waals surface area contributed by atoms with E-state index >= 15 is 0 Å². The van der Waals surface area contributed by atoms with Crippen LogP contribution in [0.1, 0.15) is 60.0 Å². The lowest BCUT2D eigenvalue weighted by molar-refractivity contribution is 0.218. The maximum atomic E-state index is 9.98. The van der Waals surface area contributed by atoms with Crippen LogP contribution in [0.2, 0.25) is 0 Å². The quantitative estimate of drug-likeness (QED) is 0.237. The van der Waals surface area contributed by atoms with Gasteiger partial charge in [0.15, 0.2) is 0 Å². The molecular formula is C30H30BrN3S. The van der Waals surface area contributed by atoms with E-state index in [2.05, 4.69) is 103 Å². The van der Waals surface area contributed by atoms with Crippen molar-refractivity contribution in [3.8, 4) is 6.07 Å². The van der Waals surface area contributed by atoms with E-state index in [9.17, 15) is 5.26 Å². The van der Waals surface area contributed by atoms with Crippen LogP contribution < -0.4 is 0 Å². The van der Waals surface area contributed by atoms with Gasteiger partial charge in [-0.3, -0.25) is 0 Å². The van der Waals surface area contributed by atoms with Crippen LogP contribution in [-0.2, 0) is 19.4 Å². The van der Waals surface area contributed by atoms with Crippen molar-refractivity contribution in [1.29, 1.82) is 5.26 Å². The maximum Gasteiger partial charge on any atom is 0.134 e. The Morgan fingerprint density at radius 1 is 1.17 bits per heavy atom. The van der Waals surface area contributed by atoms with Crippen LogP contribution in [0.15, 0.2) is 58.0 Å². The molecule has 2 aromatic heterocycles. The zero-order valence-corrected chi connectivity index (χ0v) is 23.1. The Labute approximate surface area is 220 Å². The van der Waals surface area contributed by atoms with Crippen molar-refractivity contribution in [2.45, 2.75) is 53.5 Å². The SMILES string of the molecule is Cc1c(C=Nc2sc3c(c2C#N)CC[C@H](C(C)(C)C)C3)c2ccccc2n1Cc1ccc(Br)cc1. The van der Waals surface area contributed by atoms with Crippen LogP contribution in [0, 0.1) is 29.6 Å². The number of fused-ring (bicyclic) bond motifs is 2. The molecule has 5 heteroatoms. The van der Waals surface area contributed by atoms with Crippen LogP contribution in [0.3, 0.4) is 0 Å². The first-order valence-corrected chi connectivity index (χ1v) is 13.8. The summed E-state index contributed by atoms with van der Waals surface area (Å²) < 4.78 is 3.45. The molecule has 1 atom stereocenters. The molecule has 0 amide bonds. The van der Waals surface area contributed by atoms with Gasteiger partial charge in [-0.15, -0.1) is 11.3 Å². The van der Waals surface area contributed by atoms with Gasteiger partial charge in [-0.05, 0) is 66.8 Å². The average molecular weight is 545 g/mol. The maximum absolute atomic E-state index is 9.98. The summed E-state index contributed by atoms with van der Waals surface area (Å²) in [7, 11) is 0. The molecule has 0 saturated heterocycles. The lowest BCUT2D eigenvalue weighted by atomic mass is 9.72. The van der Waals surface area contributed by atoms with Crippen LogP contribution >= 0.6 is 27.3 Å². The number of halogens is 1. The Morgan fingerprint density at radius 2 is 1.91 bits per heavy atom. The molecular weight excluding hydrogens is 514 g/mol. The van der Waals surface area contributed by atoms with Crippen LogP contribution in [0.5, 0.6) is 0 Å². The van der Waals surface area contributed by atoms with Gasteiger partial charge in [0.1, 0.15) is 11.1 Å². The molecule has 4 aromatic rings. The molecule has 0 N–H and O–H groups in total. The molecule has 5 rings (SSSR count). The minimum absolute atomic E-state index is 0.283. The number of aliphatic imine (C=N–C) groups is 1. The van der Waals surface area contributed by atoms with Crippen LogP contribution in [-0.4, -0.2) is 10.8 Å². The third-order valence-electron chi connectivity index (χ3n) is 7.43.